The second-order valence-corrected chi connectivity index (χ2v) is 7.40. The van der Waals surface area contributed by atoms with Crippen LogP contribution >= 0.6 is 11.3 Å². The van der Waals surface area contributed by atoms with Crippen molar-refractivity contribution in [2.45, 2.75) is 18.9 Å². The Bertz CT molecular complexity index is 864. The van der Waals surface area contributed by atoms with Gasteiger partial charge >= 0.3 is 0 Å². The van der Waals surface area contributed by atoms with Gasteiger partial charge in [-0.3, -0.25) is 14.4 Å². The van der Waals surface area contributed by atoms with Crippen LogP contribution in [-0.2, 0) is 9.53 Å². The van der Waals surface area contributed by atoms with Gasteiger partial charge in [0.05, 0.1) is 10.9 Å². The molecule has 1 aliphatic rings. The number of carbonyl (C=O) groups excluding carboxylic acids is 3. The van der Waals surface area contributed by atoms with Gasteiger partial charge in [0.25, 0.3) is 11.8 Å². The summed E-state index contributed by atoms with van der Waals surface area (Å²) in [6, 6.07) is 10.3. The first-order valence-electron chi connectivity index (χ1n) is 8.59. The summed E-state index contributed by atoms with van der Waals surface area (Å²) in [5.74, 6) is -0.838. The van der Waals surface area contributed by atoms with Crippen LogP contribution in [0.25, 0.3) is 0 Å². The SMILES string of the molecule is COCC(=O)Nc1cccc(C(=O)N2CCC[C@@H]2c2ccc(C(N)=O)s2)c1. The van der Waals surface area contributed by atoms with Crippen molar-refractivity contribution in [1.82, 2.24) is 4.90 Å². The van der Waals surface area contributed by atoms with Gasteiger partial charge < -0.3 is 20.7 Å². The van der Waals surface area contributed by atoms with E-state index in [1.165, 1.54) is 18.4 Å². The van der Waals surface area contributed by atoms with E-state index in [1.54, 1.807) is 30.3 Å². The third-order valence-electron chi connectivity index (χ3n) is 4.38. The number of amides is 3. The molecule has 0 bridgehead atoms. The molecule has 3 N–H and O–H groups in total. The van der Waals surface area contributed by atoms with Crippen molar-refractivity contribution < 1.29 is 19.1 Å². The molecule has 1 aromatic carbocycles. The summed E-state index contributed by atoms with van der Waals surface area (Å²) in [6.07, 6.45) is 1.74. The lowest BCUT2D eigenvalue weighted by Gasteiger charge is -2.24. The number of hydrogen-bond donors (Lipinski definition) is 2. The fourth-order valence-corrected chi connectivity index (χ4v) is 4.20. The Hall–Kier alpha value is -2.71. The molecule has 2 heterocycles. The monoisotopic (exact) mass is 387 g/mol. The van der Waals surface area contributed by atoms with Gasteiger partial charge in [-0.25, -0.2) is 0 Å². The van der Waals surface area contributed by atoms with Gasteiger partial charge in [-0.2, -0.15) is 0 Å². The van der Waals surface area contributed by atoms with Gasteiger partial charge in [-0.05, 0) is 43.2 Å². The van der Waals surface area contributed by atoms with Crippen LogP contribution in [0.5, 0.6) is 0 Å². The van der Waals surface area contributed by atoms with Crippen molar-refractivity contribution in [3.8, 4) is 0 Å². The molecular weight excluding hydrogens is 366 g/mol. The number of anilines is 1. The molecular formula is C19H21N3O4S. The molecule has 3 amide bonds. The third-order valence-corrected chi connectivity index (χ3v) is 5.58. The number of ether oxygens (including phenoxy) is 1. The van der Waals surface area contributed by atoms with Crippen LogP contribution in [-0.4, -0.2) is 42.9 Å². The Morgan fingerprint density at radius 3 is 2.81 bits per heavy atom. The summed E-state index contributed by atoms with van der Waals surface area (Å²) in [6.45, 7) is 0.598. The Labute approximate surface area is 161 Å². The highest BCUT2D eigenvalue weighted by Gasteiger charge is 2.32. The minimum absolute atomic E-state index is 0.0487. The average molecular weight is 387 g/mol. The second kappa shape index (κ2) is 8.32. The van der Waals surface area contributed by atoms with Crippen LogP contribution in [0.4, 0.5) is 5.69 Å². The van der Waals surface area contributed by atoms with Gasteiger partial charge in [-0.1, -0.05) is 6.07 Å². The normalized spacial score (nSPS) is 16.3. The minimum Gasteiger partial charge on any atom is -0.375 e. The Kier molecular flexibility index (Phi) is 5.88. The topological polar surface area (TPSA) is 102 Å². The summed E-state index contributed by atoms with van der Waals surface area (Å²) < 4.78 is 4.80. The maximum atomic E-state index is 13.0. The van der Waals surface area contributed by atoms with Crippen LogP contribution < -0.4 is 11.1 Å². The lowest BCUT2D eigenvalue weighted by atomic mass is 10.1. The van der Waals surface area contributed by atoms with Crippen LogP contribution in [0.2, 0.25) is 0 Å². The third kappa shape index (κ3) is 4.35. The molecule has 7 nitrogen and oxygen atoms in total. The first-order valence-corrected chi connectivity index (χ1v) is 9.40. The predicted molar refractivity (Wildman–Crippen MR) is 103 cm³/mol. The molecule has 1 atom stereocenters. The second-order valence-electron chi connectivity index (χ2n) is 6.28. The molecule has 142 valence electrons. The van der Waals surface area contributed by atoms with Crippen molar-refractivity contribution >= 4 is 34.7 Å². The van der Waals surface area contributed by atoms with Crippen molar-refractivity contribution in [3.63, 3.8) is 0 Å². The number of thiophene rings is 1. The summed E-state index contributed by atoms with van der Waals surface area (Å²) >= 11 is 1.33. The van der Waals surface area contributed by atoms with E-state index in [2.05, 4.69) is 5.32 Å². The zero-order chi connectivity index (χ0) is 19.4. The molecule has 0 radical (unpaired) electrons. The van der Waals surface area contributed by atoms with E-state index >= 15 is 0 Å². The van der Waals surface area contributed by atoms with Crippen molar-refractivity contribution in [2.75, 3.05) is 25.6 Å². The number of nitrogens with zero attached hydrogens (tertiary/aromatic N) is 1. The first-order chi connectivity index (χ1) is 13.0. The number of benzene rings is 1. The molecule has 0 spiro atoms. The van der Waals surface area contributed by atoms with Crippen LogP contribution in [0.15, 0.2) is 36.4 Å². The quantitative estimate of drug-likeness (QED) is 0.795. The Morgan fingerprint density at radius 1 is 1.30 bits per heavy atom. The van der Waals surface area contributed by atoms with E-state index in [9.17, 15) is 14.4 Å². The Balaban J connectivity index is 1.77. The van der Waals surface area contributed by atoms with Crippen molar-refractivity contribution in [3.05, 3.63) is 51.7 Å². The van der Waals surface area contributed by atoms with Gasteiger partial charge in [0.2, 0.25) is 5.91 Å². The zero-order valence-electron chi connectivity index (χ0n) is 14.9. The molecule has 1 aromatic heterocycles. The van der Waals surface area contributed by atoms with Gasteiger partial charge in [-0.15, -0.1) is 11.3 Å². The fourth-order valence-electron chi connectivity index (χ4n) is 3.19. The summed E-state index contributed by atoms with van der Waals surface area (Å²) in [5.41, 5.74) is 6.39. The van der Waals surface area contributed by atoms with Gasteiger partial charge in [0, 0.05) is 29.8 Å². The number of nitrogens with two attached hydrogens (primary N) is 1. The highest BCUT2D eigenvalue weighted by atomic mass is 32.1. The molecule has 3 rings (SSSR count). The van der Waals surface area contributed by atoms with E-state index in [1.807, 2.05) is 11.0 Å². The number of methoxy groups -OCH3 is 1. The summed E-state index contributed by atoms with van der Waals surface area (Å²) in [4.78, 5) is 39.3. The van der Waals surface area contributed by atoms with Crippen molar-refractivity contribution in [2.24, 2.45) is 5.73 Å². The zero-order valence-corrected chi connectivity index (χ0v) is 15.8. The van der Waals surface area contributed by atoms with E-state index in [0.29, 0.717) is 22.7 Å². The molecule has 1 fully saturated rings. The molecule has 0 unspecified atom stereocenters. The molecule has 8 heteroatoms. The standard InChI is InChI=1S/C19H21N3O4S/c1-26-11-17(23)21-13-5-2-4-12(10-13)19(25)22-9-3-6-14(22)15-7-8-16(27-15)18(20)24/h2,4-5,7-8,10,14H,3,6,9,11H2,1H3,(H2,20,24)(H,21,23)/t14-/m1/s1. The number of rotatable bonds is 6. The maximum Gasteiger partial charge on any atom is 0.258 e. The van der Waals surface area contributed by atoms with E-state index in [0.717, 1.165) is 17.7 Å². The molecule has 2 aromatic rings. The summed E-state index contributed by atoms with van der Waals surface area (Å²) in [7, 11) is 1.45. The van der Waals surface area contributed by atoms with Crippen molar-refractivity contribution in [1.29, 1.82) is 0 Å². The lowest BCUT2D eigenvalue weighted by molar-refractivity contribution is -0.119. The highest BCUT2D eigenvalue weighted by molar-refractivity contribution is 7.14. The van der Waals surface area contributed by atoms with E-state index in [-0.39, 0.29) is 24.5 Å². The number of likely N-dealkylation sites (tertiary alicyclic amines) is 1. The molecule has 0 aliphatic carbocycles. The van der Waals surface area contributed by atoms with Crippen LogP contribution in [0.1, 0.15) is 43.8 Å². The predicted octanol–water partition coefficient (Wildman–Crippen LogP) is 2.41. The molecule has 1 saturated heterocycles. The number of carbonyl (C=O) groups is 3. The summed E-state index contributed by atoms with van der Waals surface area (Å²) in [5, 5.41) is 2.70. The number of nitrogens with one attached hydrogen (secondary N) is 1. The van der Waals surface area contributed by atoms with E-state index < -0.39 is 5.91 Å². The molecule has 1 aliphatic heterocycles. The number of hydrogen-bond acceptors (Lipinski definition) is 5. The largest absolute Gasteiger partial charge is 0.375 e. The molecule has 27 heavy (non-hydrogen) atoms. The van der Waals surface area contributed by atoms with Crippen LogP contribution in [0, 0.1) is 0 Å². The average Bonchev–Trinajstić information content (AvgIpc) is 3.30. The van der Waals surface area contributed by atoms with Gasteiger partial charge in [0.15, 0.2) is 0 Å². The smallest absolute Gasteiger partial charge is 0.258 e. The van der Waals surface area contributed by atoms with Crippen LogP contribution in [0.3, 0.4) is 0 Å². The van der Waals surface area contributed by atoms with E-state index in [4.69, 9.17) is 10.5 Å². The minimum atomic E-state index is -0.457. The maximum absolute atomic E-state index is 13.0. The highest BCUT2D eigenvalue weighted by Crippen LogP contribution is 2.36. The number of primary amides is 1. The first kappa shape index (κ1) is 19.1. The van der Waals surface area contributed by atoms with Gasteiger partial charge in [0.1, 0.15) is 6.61 Å². The lowest BCUT2D eigenvalue weighted by Crippen LogP contribution is -2.30. The fraction of sp³-hybridized carbons (Fsp3) is 0.316. The Morgan fingerprint density at radius 2 is 2.11 bits per heavy atom. The molecule has 0 saturated carbocycles.